The van der Waals surface area contributed by atoms with Crippen LogP contribution in [0.3, 0.4) is 0 Å². The molecule has 0 saturated heterocycles. The summed E-state index contributed by atoms with van der Waals surface area (Å²) in [6.45, 7) is 6.44. The second kappa shape index (κ2) is 17.1. The van der Waals surface area contributed by atoms with Crippen molar-refractivity contribution in [2.75, 3.05) is 13.2 Å². The summed E-state index contributed by atoms with van der Waals surface area (Å²) in [4.78, 5) is 22.6. The van der Waals surface area contributed by atoms with Gasteiger partial charge in [0.25, 0.3) is 0 Å². The standard InChI is InChI=1S/C40H30F12O4/c1-3-35(53)55-17-5-7-23-9-13-25(14-10-23)27-19-31(37(41,42)43)33(39(47,48)49)21-29(27)30-22-34(40(50,51)52)32(38(44,45)46)20-28(30)26-15-11-24(12-16-26)8-6-18-56-36(54)4-2/h3-4,9-16,19-22H,1-2,5-8,17-18H2. The Balaban J connectivity index is 1.98. The molecule has 0 bridgehead atoms. The molecule has 0 heterocycles. The molecule has 0 aliphatic carbocycles. The molecule has 0 amide bonds. The van der Waals surface area contributed by atoms with Gasteiger partial charge in [-0.2, -0.15) is 52.7 Å². The lowest BCUT2D eigenvalue weighted by molar-refractivity contribution is -0.162. The van der Waals surface area contributed by atoms with E-state index >= 15 is 0 Å². The van der Waals surface area contributed by atoms with Crippen LogP contribution in [0.5, 0.6) is 0 Å². The molecule has 0 aliphatic rings. The number of halogens is 12. The molecule has 56 heavy (non-hydrogen) atoms. The number of benzene rings is 4. The van der Waals surface area contributed by atoms with Crippen LogP contribution in [0.2, 0.25) is 0 Å². The quantitative estimate of drug-likeness (QED) is 0.0585. The Bertz CT molecular complexity index is 1910. The number of hydrogen-bond acceptors (Lipinski definition) is 4. The van der Waals surface area contributed by atoms with E-state index in [4.69, 9.17) is 9.47 Å². The molecular formula is C40H30F12O4. The summed E-state index contributed by atoms with van der Waals surface area (Å²) in [5.74, 6) is -1.38. The zero-order chi connectivity index (χ0) is 41.6. The Morgan fingerprint density at radius 2 is 0.732 bits per heavy atom. The number of hydrogen-bond donors (Lipinski definition) is 0. The van der Waals surface area contributed by atoms with E-state index in [9.17, 15) is 62.3 Å². The van der Waals surface area contributed by atoms with Crippen molar-refractivity contribution < 1.29 is 71.7 Å². The van der Waals surface area contributed by atoms with Gasteiger partial charge in [0.1, 0.15) is 0 Å². The van der Waals surface area contributed by atoms with Crippen molar-refractivity contribution in [2.24, 2.45) is 0 Å². The van der Waals surface area contributed by atoms with Gasteiger partial charge < -0.3 is 9.47 Å². The molecule has 0 unspecified atom stereocenters. The van der Waals surface area contributed by atoms with E-state index in [-0.39, 0.29) is 74.3 Å². The molecule has 16 heteroatoms. The van der Waals surface area contributed by atoms with Crippen LogP contribution < -0.4 is 0 Å². The number of aryl methyl sites for hydroxylation is 2. The van der Waals surface area contributed by atoms with Crippen molar-refractivity contribution in [3.05, 3.63) is 131 Å². The molecule has 0 fully saturated rings. The number of carbonyl (C=O) groups is 2. The molecular weight excluding hydrogens is 772 g/mol. The maximum absolute atomic E-state index is 14.3. The van der Waals surface area contributed by atoms with Crippen LogP contribution in [0, 0.1) is 0 Å². The molecule has 0 aromatic heterocycles. The topological polar surface area (TPSA) is 52.6 Å². The Morgan fingerprint density at radius 1 is 0.464 bits per heavy atom. The highest BCUT2D eigenvalue weighted by Crippen LogP contribution is 2.50. The van der Waals surface area contributed by atoms with Gasteiger partial charge >= 0.3 is 36.6 Å². The first-order valence-electron chi connectivity index (χ1n) is 16.5. The molecule has 0 aliphatic heterocycles. The summed E-state index contributed by atoms with van der Waals surface area (Å²) in [5, 5.41) is 0. The predicted molar refractivity (Wildman–Crippen MR) is 182 cm³/mol. The minimum Gasteiger partial charge on any atom is -0.463 e. The van der Waals surface area contributed by atoms with E-state index in [1.807, 2.05) is 0 Å². The average Bonchev–Trinajstić information content (AvgIpc) is 3.12. The second-order valence-corrected chi connectivity index (χ2v) is 12.2. The van der Waals surface area contributed by atoms with Gasteiger partial charge in [-0.05, 0) is 94.5 Å². The van der Waals surface area contributed by atoms with Crippen LogP contribution in [-0.2, 0) is 56.6 Å². The lowest BCUT2D eigenvalue weighted by atomic mass is 9.83. The smallest absolute Gasteiger partial charge is 0.417 e. The first-order chi connectivity index (χ1) is 26.0. The van der Waals surface area contributed by atoms with Gasteiger partial charge in [0.05, 0.1) is 35.5 Å². The summed E-state index contributed by atoms with van der Waals surface area (Å²) in [7, 11) is 0. The van der Waals surface area contributed by atoms with E-state index < -0.39 is 81.2 Å². The van der Waals surface area contributed by atoms with Gasteiger partial charge in [-0.15, -0.1) is 0 Å². The molecule has 4 aromatic rings. The van der Waals surface area contributed by atoms with E-state index in [1.165, 1.54) is 48.5 Å². The van der Waals surface area contributed by atoms with Gasteiger partial charge in [-0.25, -0.2) is 9.59 Å². The lowest BCUT2D eigenvalue weighted by Gasteiger charge is -2.24. The first kappa shape index (κ1) is 43.2. The molecule has 4 aromatic carbocycles. The van der Waals surface area contributed by atoms with Crippen molar-refractivity contribution in [1.29, 1.82) is 0 Å². The molecule has 298 valence electrons. The molecule has 0 radical (unpaired) electrons. The summed E-state index contributed by atoms with van der Waals surface area (Å²) in [6, 6.07) is 10.5. The molecule has 0 N–H and O–H groups in total. The lowest BCUT2D eigenvalue weighted by Crippen LogP contribution is -2.18. The van der Waals surface area contributed by atoms with Crippen LogP contribution >= 0.6 is 0 Å². The van der Waals surface area contributed by atoms with Crippen molar-refractivity contribution in [3.63, 3.8) is 0 Å². The van der Waals surface area contributed by atoms with Crippen LogP contribution in [-0.4, -0.2) is 25.2 Å². The summed E-state index contributed by atoms with van der Waals surface area (Å²) < 4.78 is 181. The number of rotatable bonds is 13. The summed E-state index contributed by atoms with van der Waals surface area (Å²) in [5.41, 5.74) is -11.3. The van der Waals surface area contributed by atoms with E-state index in [0.717, 1.165) is 12.2 Å². The van der Waals surface area contributed by atoms with Crippen LogP contribution in [0.4, 0.5) is 52.7 Å². The first-order valence-corrected chi connectivity index (χ1v) is 16.5. The minimum absolute atomic E-state index is 0.00875. The van der Waals surface area contributed by atoms with Gasteiger partial charge in [0.15, 0.2) is 0 Å². The third-order valence-electron chi connectivity index (χ3n) is 8.40. The van der Waals surface area contributed by atoms with Crippen LogP contribution in [0.15, 0.2) is 98.1 Å². The highest BCUT2D eigenvalue weighted by molar-refractivity contribution is 5.93. The van der Waals surface area contributed by atoms with E-state index in [0.29, 0.717) is 11.1 Å². The fourth-order valence-electron chi connectivity index (χ4n) is 5.78. The number of alkyl halides is 12. The van der Waals surface area contributed by atoms with Crippen molar-refractivity contribution in [2.45, 2.75) is 50.4 Å². The van der Waals surface area contributed by atoms with Crippen molar-refractivity contribution >= 4 is 11.9 Å². The Labute approximate surface area is 312 Å². The molecule has 4 rings (SSSR count). The Hall–Kier alpha value is -5.54. The monoisotopic (exact) mass is 802 g/mol. The normalized spacial score (nSPS) is 12.3. The zero-order valence-corrected chi connectivity index (χ0v) is 28.9. The van der Waals surface area contributed by atoms with E-state index in [2.05, 4.69) is 13.2 Å². The fourth-order valence-corrected chi connectivity index (χ4v) is 5.78. The third kappa shape index (κ3) is 10.8. The molecule has 0 atom stereocenters. The third-order valence-corrected chi connectivity index (χ3v) is 8.40. The highest BCUT2D eigenvalue weighted by atomic mass is 19.4. The maximum Gasteiger partial charge on any atom is 0.417 e. The SMILES string of the molecule is C=CC(=O)OCCCc1ccc(-c2cc(C(F)(F)F)c(C(F)(F)F)cc2-c2cc(C(F)(F)F)c(C(F)(F)F)cc2-c2ccc(CCCOC(=O)C=C)cc2)cc1. The summed E-state index contributed by atoms with van der Waals surface area (Å²) in [6.07, 6.45) is -19.7. The maximum atomic E-state index is 14.3. The zero-order valence-electron chi connectivity index (χ0n) is 28.9. The van der Waals surface area contributed by atoms with Crippen molar-refractivity contribution in [1.82, 2.24) is 0 Å². The Kier molecular flexibility index (Phi) is 13.2. The van der Waals surface area contributed by atoms with Gasteiger partial charge in [0, 0.05) is 12.2 Å². The van der Waals surface area contributed by atoms with Crippen molar-refractivity contribution in [3.8, 4) is 33.4 Å². The number of ether oxygens (including phenoxy) is 2. The highest BCUT2D eigenvalue weighted by Gasteiger charge is 2.46. The fraction of sp³-hybridized carbons (Fsp3) is 0.250. The molecule has 0 spiro atoms. The Morgan fingerprint density at radius 3 is 0.982 bits per heavy atom. The molecule has 4 nitrogen and oxygen atoms in total. The number of carbonyl (C=O) groups excluding carboxylic acids is 2. The summed E-state index contributed by atoms with van der Waals surface area (Å²) >= 11 is 0. The van der Waals surface area contributed by atoms with Gasteiger partial charge in [0.2, 0.25) is 0 Å². The van der Waals surface area contributed by atoms with Crippen LogP contribution in [0.1, 0.15) is 46.2 Å². The van der Waals surface area contributed by atoms with Gasteiger partial charge in [-0.3, -0.25) is 0 Å². The van der Waals surface area contributed by atoms with E-state index in [1.54, 1.807) is 0 Å². The van der Waals surface area contributed by atoms with Gasteiger partial charge in [-0.1, -0.05) is 61.7 Å². The minimum atomic E-state index is -5.71. The number of esters is 2. The molecule has 0 saturated carbocycles. The predicted octanol–water partition coefficient (Wildman–Crippen LogP) is 12.1. The average molecular weight is 803 g/mol. The largest absolute Gasteiger partial charge is 0.463 e. The van der Waals surface area contributed by atoms with Crippen LogP contribution in [0.25, 0.3) is 33.4 Å². The second-order valence-electron chi connectivity index (χ2n) is 12.2.